The third-order valence-corrected chi connectivity index (χ3v) is 1.85. The van der Waals surface area contributed by atoms with Crippen molar-refractivity contribution >= 4 is 0 Å². The van der Waals surface area contributed by atoms with Crippen LogP contribution in [0.2, 0.25) is 0 Å². The Morgan fingerprint density at radius 2 is 1.91 bits per heavy atom. The molecule has 1 saturated heterocycles. The Morgan fingerprint density at radius 3 is 2.27 bits per heavy atom. The summed E-state index contributed by atoms with van der Waals surface area (Å²) in [5.74, 6) is -1.26. The van der Waals surface area contributed by atoms with Crippen molar-refractivity contribution in [3.63, 3.8) is 0 Å². The highest BCUT2D eigenvalue weighted by Crippen LogP contribution is 2.30. The molecule has 5 heteroatoms. The maximum Gasteiger partial charge on any atom is 0.393 e. The van der Waals surface area contributed by atoms with Crippen LogP contribution in [-0.2, 0) is 0 Å². The molecule has 0 saturated carbocycles. The lowest BCUT2D eigenvalue weighted by Gasteiger charge is -2.28. The van der Waals surface area contributed by atoms with Crippen LogP contribution >= 0.6 is 0 Å². The van der Waals surface area contributed by atoms with Gasteiger partial charge in [0.1, 0.15) is 0 Å². The minimum absolute atomic E-state index is 0.0111. The van der Waals surface area contributed by atoms with Crippen LogP contribution < -0.4 is 11.1 Å². The summed E-state index contributed by atoms with van der Waals surface area (Å²) in [4.78, 5) is 0. The second-order valence-corrected chi connectivity index (χ2v) is 2.89. The van der Waals surface area contributed by atoms with Crippen LogP contribution in [0.5, 0.6) is 0 Å². The first-order valence-electron chi connectivity index (χ1n) is 3.53. The third-order valence-electron chi connectivity index (χ3n) is 1.85. The Morgan fingerprint density at radius 1 is 1.27 bits per heavy atom. The van der Waals surface area contributed by atoms with Gasteiger partial charge >= 0.3 is 6.18 Å². The van der Waals surface area contributed by atoms with E-state index in [-0.39, 0.29) is 19.0 Å². The zero-order valence-corrected chi connectivity index (χ0v) is 5.99. The number of nitrogens with one attached hydrogen (secondary N) is 1. The van der Waals surface area contributed by atoms with Crippen LogP contribution in [-0.4, -0.2) is 25.3 Å². The normalized spacial score (nSPS) is 33.8. The Bertz CT molecular complexity index is 134. The summed E-state index contributed by atoms with van der Waals surface area (Å²) in [5.41, 5.74) is 5.36. The van der Waals surface area contributed by atoms with E-state index in [1.807, 2.05) is 0 Å². The average molecular weight is 168 g/mol. The van der Waals surface area contributed by atoms with Gasteiger partial charge in [0, 0.05) is 19.1 Å². The lowest BCUT2D eigenvalue weighted by atomic mass is 9.96. The molecule has 0 radical (unpaired) electrons. The second kappa shape index (κ2) is 2.98. The number of hydrogen-bond acceptors (Lipinski definition) is 2. The van der Waals surface area contributed by atoms with E-state index in [4.69, 9.17) is 5.73 Å². The van der Waals surface area contributed by atoms with E-state index in [1.54, 1.807) is 0 Å². The number of nitrogens with two attached hydrogens (primary N) is 1. The number of piperidine rings is 1. The predicted octanol–water partition coefficient (Wildman–Crippen LogP) is 0.485. The van der Waals surface area contributed by atoms with Gasteiger partial charge in [-0.2, -0.15) is 13.2 Å². The molecule has 0 aromatic heterocycles. The van der Waals surface area contributed by atoms with Crippen molar-refractivity contribution in [3.05, 3.63) is 0 Å². The largest absolute Gasteiger partial charge is 0.393 e. The molecular formula is C6H11F3N2. The molecule has 0 bridgehead atoms. The van der Waals surface area contributed by atoms with Gasteiger partial charge in [-0.25, -0.2) is 0 Å². The van der Waals surface area contributed by atoms with Gasteiger partial charge in [0.25, 0.3) is 0 Å². The number of hydrogen-bond donors (Lipinski definition) is 2. The fourth-order valence-corrected chi connectivity index (χ4v) is 1.22. The molecule has 1 fully saturated rings. The molecular weight excluding hydrogens is 157 g/mol. The van der Waals surface area contributed by atoms with Crippen molar-refractivity contribution < 1.29 is 13.2 Å². The number of halogens is 3. The van der Waals surface area contributed by atoms with Gasteiger partial charge < -0.3 is 11.1 Å². The summed E-state index contributed by atoms with van der Waals surface area (Å²) in [5, 5.41) is 2.65. The summed E-state index contributed by atoms with van der Waals surface area (Å²) < 4.78 is 36.1. The van der Waals surface area contributed by atoms with Crippen LogP contribution in [0.3, 0.4) is 0 Å². The van der Waals surface area contributed by atoms with Crippen molar-refractivity contribution in [2.75, 3.05) is 13.1 Å². The highest BCUT2D eigenvalue weighted by atomic mass is 19.4. The van der Waals surface area contributed by atoms with Crippen LogP contribution in [0.1, 0.15) is 6.42 Å². The molecule has 2 atom stereocenters. The van der Waals surface area contributed by atoms with E-state index in [0.717, 1.165) is 0 Å². The van der Waals surface area contributed by atoms with Crippen LogP contribution in [0.25, 0.3) is 0 Å². The van der Waals surface area contributed by atoms with E-state index in [0.29, 0.717) is 6.54 Å². The molecule has 0 aromatic carbocycles. The average Bonchev–Trinajstić information content (AvgIpc) is 1.86. The van der Waals surface area contributed by atoms with Gasteiger partial charge in [-0.3, -0.25) is 0 Å². The van der Waals surface area contributed by atoms with Gasteiger partial charge in [-0.05, 0) is 6.42 Å². The molecule has 1 rings (SSSR count). The lowest BCUT2D eigenvalue weighted by molar-refractivity contribution is -0.179. The number of alkyl halides is 3. The summed E-state index contributed by atoms with van der Waals surface area (Å²) in [6, 6.07) is -0.352. The van der Waals surface area contributed by atoms with Gasteiger partial charge in [0.2, 0.25) is 0 Å². The number of rotatable bonds is 0. The Labute approximate surface area is 62.9 Å². The van der Waals surface area contributed by atoms with Gasteiger partial charge in [0.05, 0.1) is 5.92 Å². The molecule has 3 N–H and O–H groups in total. The smallest absolute Gasteiger partial charge is 0.327 e. The van der Waals surface area contributed by atoms with Gasteiger partial charge in [-0.15, -0.1) is 0 Å². The fourth-order valence-electron chi connectivity index (χ4n) is 1.22. The van der Waals surface area contributed by atoms with Crippen molar-refractivity contribution in [1.82, 2.24) is 5.32 Å². The molecule has 0 aliphatic carbocycles. The highest BCUT2D eigenvalue weighted by Gasteiger charge is 2.41. The maximum atomic E-state index is 12.0. The summed E-state index contributed by atoms with van der Waals surface area (Å²) >= 11 is 0. The molecule has 1 aliphatic heterocycles. The molecule has 0 aromatic rings. The van der Waals surface area contributed by atoms with Crippen molar-refractivity contribution in [2.45, 2.75) is 18.6 Å². The van der Waals surface area contributed by atoms with E-state index in [1.165, 1.54) is 0 Å². The van der Waals surface area contributed by atoms with E-state index in [9.17, 15) is 13.2 Å². The van der Waals surface area contributed by atoms with E-state index >= 15 is 0 Å². The molecule has 0 amide bonds. The predicted molar refractivity (Wildman–Crippen MR) is 35.0 cm³/mol. The Balaban J connectivity index is 2.46. The molecule has 2 nitrogen and oxygen atoms in total. The van der Waals surface area contributed by atoms with E-state index < -0.39 is 12.1 Å². The first kappa shape index (κ1) is 8.80. The molecule has 0 unspecified atom stereocenters. The van der Waals surface area contributed by atoms with Gasteiger partial charge in [-0.1, -0.05) is 0 Å². The Hall–Kier alpha value is -0.290. The van der Waals surface area contributed by atoms with E-state index in [2.05, 4.69) is 5.32 Å². The Kier molecular flexibility index (Phi) is 2.39. The third kappa shape index (κ3) is 2.34. The van der Waals surface area contributed by atoms with Crippen molar-refractivity contribution in [1.29, 1.82) is 0 Å². The van der Waals surface area contributed by atoms with Crippen LogP contribution in [0.4, 0.5) is 13.2 Å². The van der Waals surface area contributed by atoms with Crippen molar-refractivity contribution in [2.24, 2.45) is 11.7 Å². The minimum atomic E-state index is -4.09. The second-order valence-electron chi connectivity index (χ2n) is 2.89. The minimum Gasteiger partial charge on any atom is -0.327 e. The zero-order chi connectivity index (χ0) is 8.48. The van der Waals surface area contributed by atoms with Crippen LogP contribution in [0, 0.1) is 5.92 Å². The topological polar surface area (TPSA) is 38.0 Å². The maximum absolute atomic E-state index is 12.0. The molecule has 66 valence electrons. The summed E-state index contributed by atoms with van der Waals surface area (Å²) in [6.45, 7) is 0.504. The monoisotopic (exact) mass is 168 g/mol. The van der Waals surface area contributed by atoms with Crippen LogP contribution in [0.15, 0.2) is 0 Å². The first-order chi connectivity index (χ1) is 5.00. The standard InChI is InChI=1S/C6H11F3N2/c7-6(8,9)4-1-5(10)3-11-2-4/h4-5,11H,1-3,10H2/t4-,5+/m1/s1. The molecule has 1 aliphatic rings. The quantitative estimate of drug-likeness (QED) is 0.552. The summed E-state index contributed by atoms with van der Waals surface area (Å²) in [6.07, 6.45) is -4.04. The molecule has 1 heterocycles. The lowest BCUT2D eigenvalue weighted by Crippen LogP contribution is -2.48. The highest BCUT2D eigenvalue weighted by molar-refractivity contribution is 4.82. The fraction of sp³-hybridized carbons (Fsp3) is 1.00. The SMILES string of the molecule is N[C@@H]1CNC[C@H](C(F)(F)F)C1. The summed E-state index contributed by atoms with van der Waals surface area (Å²) in [7, 11) is 0. The molecule has 11 heavy (non-hydrogen) atoms. The molecule has 0 spiro atoms. The van der Waals surface area contributed by atoms with Crippen molar-refractivity contribution in [3.8, 4) is 0 Å². The first-order valence-corrected chi connectivity index (χ1v) is 3.53. The van der Waals surface area contributed by atoms with Gasteiger partial charge in [0.15, 0.2) is 0 Å². The zero-order valence-electron chi connectivity index (χ0n) is 5.99.